The number of nitrogens with one attached hydrogen (secondary N) is 1. The number of hydrogen-bond acceptors (Lipinski definition) is 5. The second kappa shape index (κ2) is 5.90. The molecule has 1 saturated carbocycles. The minimum atomic E-state index is -0.588. The number of ether oxygens (including phenoxy) is 1. The van der Waals surface area contributed by atoms with E-state index in [-0.39, 0.29) is 23.3 Å². The van der Waals surface area contributed by atoms with E-state index in [4.69, 9.17) is 4.74 Å². The molecule has 1 fully saturated rings. The van der Waals surface area contributed by atoms with E-state index >= 15 is 0 Å². The Morgan fingerprint density at radius 2 is 1.95 bits per heavy atom. The lowest BCUT2D eigenvalue weighted by Gasteiger charge is -2.09. The Morgan fingerprint density at radius 1 is 1.33 bits per heavy atom. The first-order valence-corrected chi connectivity index (χ1v) is 6.60. The number of benzene rings is 1. The minimum Gasteiger partial charge on any atom is -0.455 e. The van der Waals surface area contributed by atoms with E-state index in [1.807, 2.05) is 0 Å². The maximum Gasteiger partial charge on any atom is 0.309 e. The molecule has 0 aliphatic heterocycles. The highest BCUT2D eigenvalue weighted by Crippen LogP contribution is 2.30. The van der Waals surface area contributed by atoms with Gasteiger partial charge in [-0.3, -0.25) is 19.7 Å². The van der Waals surface area contributed by atoms with E-state index in [2.05, 4.69) is 5.32 Å². The van der Waals surface area contributed by atoms with Gasteiger partial charge in [-0.15, -0.1) is 0 Å². The van der Waals surface area contributed by atoms with Gasteiger partial charge in [-0.25, -0.2) is 0 Å². The molecule has 0 saturated heterocycles. The van der Waals surface area contributed by atoms with E-state index in [1.165, 1.54) is 12.1 Å². The number of nitro benzene ring substituents is 1. The van der Waals surface area contributed by atoms with Gasteiger partial charge in [0.1, 0.15) is 5.69 Å². The summed E-state index contributed by atoms with van der Waals surface area (Å²) in [6.07, 6.45) is 1.59. The molecule has 112 valence electrons. The normalized spacial score (nSPS) is 13.6. The Kier molecular flexibility index (Phi) is 4.21. The Balaban J connectivity index is 2.03. The van der Waals surface area contributed by atoms with Crippen molar-refractivity contribution in [2.24, 2.45) is 5.92 Å². The van der Waals surface area contributed by atoms with Crippen LogP contribution in [0.1, 0.15) is 24.0 Å². The summed E-state index contributed by atoms with van der Waals surface area (Å²) in [5, 5.41) is 13.4. The quantitative estimate of drug-likeness (QED) is 0.509. The molecule has 0 atom stereocenters. The Morgan fingerprint density at radius 3 is 2.52 bits per heavy atom. The maximum absolute atomic E-state index is 11.7. The van der Waals surface area contributed by atoms with Gasteiger partial charge in [0, 0.05) is 6.07 Å². The number of esters is 1. The van der Waals surface area contributed by atoms with E-state index in [0.717, 1.165) is 24.0 Å². The predicted molar refractivity (Wildman–Crippen MR) is 74.9 cm³/mol. The van der Waals surface area contributed by atoms with Gasteiger partial charge >= 0.3 is 5.97 Å². The molecule has 21 heavy (non-hydrogen) atoms. The van der Waals surface area contributed by atoms with Crippen LogP contribution in [0, 0.1) is 29.9 Å². The highest BCUT2D eigenvalue weighted by molar-refractivity contribution is 5.95. The molecule has 1 aromatic carbocycles. The topological polar surface area (TPSA) is 98.5 Å². The molecule has 0 aromatic heterocycles. The van der Waals surface area contributed by atoms with Crippen LogP contribution < -0.4 is 5.32 Å². The van der Waals surface area contributed by atoms with Gasteiger partial charge in [0.2, 0.25) is 0 Å². The zero-order valence-corrected chi connectivity index (χ0v) is 11.8. The maximum atomic E-state index is 11.7. The summed E-state index contributed by atoms with van der Waals surface area (Å²) in [4.78, 5) is 33.5. The first-order valence-electron chi connectivity index (χ1n) is 6.60. The first kappa shape index (κ1) is 15.0. The number of carbonyl (C=O) groups is 2. The van der Waals surface area contributed by atoms with Crippen molar-refractivity contribution in [3.8, 4) is 0 Å². The fourth-order valence-electron chi connectivity index (χ4n) is 1.81. The van der Waals surface area contributed by atoms with E-state index in [9.17, 15) is 19.7 Å². The van der Waals surface area contributed by atoms with Gasteiger partial charge in [-0.05, 0) is 43.9 Å². The molecule has 0 spiro atoms. The average Bonchev–Trinajstić information content (AvgIpc) is 3.24. The molecule has 0 bridgehead atoms. The van der Waals surface area contributed by atoms with Gasteiger partial charge in [0.15, 0.2) is 6.61 Å². The molecule has 0 radical (unpaired) electrons. The predicted octanol–water partition coefficient (Wildman–Crippen LogP) is 2.10. The van der Waals surface area contributed by atoms with Crippen LogP contribution >= 0.6 is 0 Å². The van der Waals surface area contributed by atoms with E-state index in [0.29, 0.717) is 0 Å². The molecule has 7 nitrogen and oxygen atoms in total. The summed E-state index contributed by atoms with van der Waals surface area (Å²) in [6, 6.07) is 2.94. The van der Waals surface area contributed by atoms with Gasteiger partial charge in [-0.2, -0.15) is 0 Å². The van der Waals surface area contributed by atoms with Crippen molar-refractivity contribution in [3.05, 3.63) is 33.4 Å². The molecule has 1 amide bonds. The van der Waals surface area contributed by atoms with Gasteiger partial charge in [0.05, 0.1) is 10.8 Å². The largest absolute Gasteiger partial charge is 0.455 e. The summed E-state index contributed by atoms with van der Waals surface area (Å²) in [5.74, 6) is -1.07. The molecule has 2 rings (SSSR count). The number of rotatable bonds is 5. The van der Waals surface area contributed by atoms with Crippen LogP contribution in [0.4, 0.5) is 11.4 Å². The molecule has 1 N–H and O–H groups in total. The molecule has 1 aliphatic rings. The summed E-state index contributed by atoms with van der Waals surface area (Å²) in [7, 11) is 0. The lowest BCUT2D eigenvalue weighted by Crippen LogP contribution is -2.22. The van der Waals surface area contributed by atoms with Crippen molar-refractivity contribution in [1.29, 1.82) is 0 Å². The highest BCUT2D eigenvalue weighted by Gasteiger charge is 2.31. The Hall–Kier alpha value is -2.44. The van der Waals surface area contributed by atoms with Crippen molar-refractivity contribution >= 4 is 23.3 Å². The third-order valence-corrected chi connectivity index (χ3v) is 3.34. The van der Waals surface area contributed by atoms with Crippen LogP contribution in [0.3, 0.4) is 0 Å². The number of anilines is 1. The van der Waals surface area contributed by atoms with Crippen LogP contribution in [0.25, 0.3) is 0 Å². The number of nitro groups is 1. The van der Waals surface area contributed by atoms with Crippen LogP contribution in [0.5, 0.6) is 0 Å². The molecule has 7 heteroatoms. The minimum absolute atomic E-state index is 0.0891. The molecular formula is C14H16N2O5. The zero-order chi connectivity index (χ0) is 15.6. The summed E-state index contributed by atoms with van der Waals surface area (Å²) < 4.78 is 4.83. The molecule has 1 aromatic rings. The van der Waals surface area contributed by atoms with Crippen LogP contribution in [0.2, 0.25) is 0 Å². The smallest absolute Gasteiger partial charge is 0.309 e. The zero-order valence-electron chi connectivity index (χ0n) is 11.8. The number of carbonyl (C=O) groups excluding carboxylic acids is 2. The summed E-state index contributed by atoms with van der Waals surface area (Å²) in [6.45, 7) is 3.12. The third kappa shape index (κ3) is 3.77. The Bertz CT molecular complexity index is 608. The van der Waals surface area contributed by atoms with Gasteiger partial charge in [-0.1, -0.05) is 0 Å². The number of amides is 1. The summed E-state index contributed by atoms with van der Waals surface area (Å²) in [5.41, 5.74) is 1.52. The molecule has 0 heterocycles. The molecule has 0 unspecified atom stereocenters. The van der Waals surface area contributed by atoms with Gasteiger partial charge in [0.25, 0.3) is 11.6 Å². The number of nitrogens with zero attached hydrogens (tertiary/aromatic N) is 1. The van der Waals surface area contributed by atoms with Crippen molar-refractivity contribution < 1.29 is 19.2 Å². The second-order valence-electron chi connectivity index (χ2n) is 5.14. The SMILES string of the molecule is Cc1cc(NC(=O)COC(=O)C2CC2)c([N+](=O)[O-])cc1C. The van der Waals surface area contributed by atoms with Crippen LogP contribution in [0.15, 0.2) is 12.1 Å². The van der Waals surface area contributed by atoms with Crippen molar-refractivity contribution in [2.45, 2.75) is 26.7 Å². The molecular weight excluding hydrogens is 276 g/mol. The van der Waals surface area contributed by atoms with Gasteiger partial charge < -0.3 is 10.1 Å². The monoisotopic (exact) mass is 292 g/mol. The van der Waals surface area contributed by atoms with Crippen molar-refractivity contribution in [1.82, 2.24) is 0 Å². The number of hydrogen-bond donors (Lipinski definition) is 1. The van der Waals surface area contributed by atoms with Crippen LogP contribution in [-0.4, -0.2) is 23.4 Å². The van der Waals surface area contributed by atoms with Crippen molar-refractivity contribution in [3.63, 3.8) is 0 Å². The van der Waals surface area contributed by atoms with Crippen molar-refractivity contribution in [2.75, 3.05) is 11.9 Å². The van der Waals surface area contributed by atoms with E-state index in [1.54, 1.807) is 13.8 Å². The molecule has 1 aliphatic carbocycles. The Labute approximate surface area is 121 Å². The lowest BCUT2D eigenvalue weighted by molar-refractivity contribution is -0.384. The highest BCUT2D eigenvalue weighted by atomic mass is 16.6. The standard InChI is InChI=1S/C14H16N2O5/c1-8-5-11(12(16(19)20)6-9(8)2)15-13(17)7-21-14(18)10-3-4-10/h5-6,10H,3-4,7H2,1-2H3,(H,15,17). The van der Waals surface area contributed by atoms with E-state index < -0.39 is 17.4 Å². The fraction of sp³-hybridized carbons (Fsp3) is 0.429. The number of aryl methyl sites for hydroxylation is 2. The average molecular weight is 292 g/mol. The fourth-order valence-corrected chi connectivity index (χ4v) is 1.81. The van der Waals surface area contributed by atoms with Crippen LogP contribution in [-0.2, 0) is 14.3 Å². The first-order chi connectivity index (χ1) is 9.88. The third-order valence-electron chi connectivity index (χ3n) is 3.34. The lowest BCUT2D eigenvalue weighted by atomic mass is 10.1. The second-order valence-corrected chi connectivity index (χ2v) is 5.14. The summed E-state index contributed by atoms with van der Waals surface area (Å²) >= 11 is 0.